The van der Waals surface area contributed by atoms with Gasteiger partial charge in [0, 0.05) is 17.9 Å². The van der Waals surface area contributed by atoms with Gasteiger partial charge in [0.1, 0.15) is 29.7 Å². The molecule has 0 unspecified atom stereocenters. The molecule has 1 aromatic heterocycles. The summed E-state index contributed by atoms with van der Waals surface area (Å²) in [4.78, 5) is 87.8. The van der Waals surface area contributed by atoms with Crippen LogP contribution in [0.2, 0.25) is 0 Å². The number of β-lactam (4-membered cyclic amide) rings is 1. The highest BCUT2D eigenvalue weighted by molar-refractivity contribution is 8.01. The Hall–Kier alpha value is -4.78. The first kappa shape index (κ1) is 30.7. The summed E-state index contributed by atoms with van der Waals surface area (Å²) < 4.78 is 1.05. The van der Waals surface area contributed by atoms with Crippen molar-refractivity contribution < 1.29 is 48.9 Å². The van der Waals surface area contributed by atoms with E-state index in [1.165, 1.54) is 23.9 Å². The molecule has 4 N–H and O–H groups in total. The molecule has 3 atom stereocenters. The molecule has 19 heteroatoms. The molecule has 3 aliphatic rings. The van der Waals surface area contributed by atoms with Crippen LogP contribution in [0.15, 0.2) is 40.7 Å². The monoisotopic (exact) mass is 645 g/mol. The van der Waals surface area contributed by atoms with Gasteiger partial charge in [0.2, 0.25) is 11.1 Å². The third-order valence-corrected chi connectivity index (χ3v) is 9.41. The standard InChI is InChI=1S/C25H23N7O10S2/c33-15(7-3-6-14(23(39)40)31-19(36)12-4-1-2-5-13(12)20(31)37)26-17-21(38)32-18(24(41)42)11(9-43-22(17)32)10-44-25-27-28-29-30(25)8-16(34)35/h1-2,4-5,14,17,22H,3,6-10H2,(H,26,33)(H,34,35)(H,39,40)(H,41,42)/t14-,17-,22-/m1/s1. The predicted octanol–water partition coefficient (Wildman–Crippen LogP) is -0.492. The Morgan fingerprint density at radius 2 is 1.75 bits per heavy atom. The van der Waals surface area contributed by atoms with Crippen LogP contribution in [0.4, 0.5) is 0 Å². The number of aliphatic carboxylic acids is 3. The minimum Gasteiger partial charge on any atom is -0.480 e. The average molecular weight is 646 g/mol. The van der Waals surface area contributed by atoms with Crippen LogP contribution in [0.1, 0.15) is 40.0 Å². The number of thioether (sulfide) groups is 2. The van der Waals surface area contributed by atoms with Crippen LogP contribution >= 0.6 is 23.5 Å². The van der Waals surface area contributed by atoms with Crippen molar-refractivity contribution in [1.82, 2.24) is 35.3 Å². The van der Waals surface area contributed by atoms with E-state index in [2.05, 4.69) is 20.8 Å². The van der Waals surface area contributed by atoms with Gasteiger partial charge in [-0.3, -0.25) is 33.8 Å². The van der Waals surface area contributed by atoms with Gasteiger partial charge in [-0.2, -0.15) is 0 Å². The number of hydrogen-bond acceptors (Lipinski definition) is 12. The maximum atomic E-state index is 13.0. The number of benzene rings is 1. The Morgan fingerprint density at radius 3 is 2.36 bits per heavy atom. The maximum absolute atomic E-state index is 13.0. The number of rotatable bonds is 13. The molecule has 3 aliphatic heterocycles. The molecule has 230 valence electrons. The van der Waals surface area contributed by atoms with Crippen molar-refractivity contribution >= 4 is 65.1 Å². The lowest BCUT2D eigenvalue weighted by molar-refractivity contribution is -0.150. The van der Waals surface area contributed by atoms with E-state index in [0.29, 0.717) is 10.5 Å². The quantitative estimate of drug-likeness (QED) is 0.122. The summed E-state index contributed by atoms with van der Waals surface area (Å²) in [6, 6.07) is 3.50. The number of carboxylic acids is 3. The van der Waals surface area contributed by atoms with Crippen LogP contribution in [0, 0.1) is 0 Å². The Kier molecular flexibility index (Phi) is 8.68. The van der Waals surface area contributed by atoms with Crippen LogP contribution in [-0.4, -0.2) is 116 Å². The van der Waals surface area contributed by atoms with Gasteiger partial charge >= 0.3 is 17.9 Å². The van der Waals surface area contributed by atoms with E-state index < -0.39 is 65.5 Å². The summed E-state index contributed by atoms with van der Waals surface area (Å²) in [7, 11) is 0. The second-order valence-electron chi connectivity index (χ2n) is 9.79. The van der Waals surface area contributed by atoms with Crippen molar-refractivity contribution in [2.75, 3.05) is 11.5 Å². The zero-order chi connectivity index (χ0) is 31.7. The third-order valence-electron chi connectivity index (χ3n) is 7.03. The van der Waals surface area contributed by atoms with E-state index in [9.17, 15) is 43.8 Å². The molecular formula is C25H23N7O10S2. The lowest BCUT2D eigenvalue weighted by Crippen LogP contribution is -2.70. The molecule has 4 heterocycles. The minimum absolute atomic E-state index is 0.0123. The van der Waals surface area contributed by atoms with Crippen molar-refractivity contribution in [3.8, 4) is 0 Å². The van der Waals surface area contributed by atoms with E-state index in [0.717, 1.165) is 21.3 Å². The molecule has 4 amide bonds. The summed E-state index contributed by atoms with van der Waals surface area (Å²) in [5, 5.41) is 41.4. The smallest absolute Gasteiger partial charge is 0.352 e. The van der Waals surface area contributed by atoms with Crippen LogP contribution in [0.5, 0.6) is 0 Å². The topological polar surface area (TPSA) is 242 Å². The van der Waals surface area contributed by atoms with Crippen molar-refractivity contribution in [2.24, 2.45) is 0 Å². The van der Waals surface area contributed by atoms with Gasteiger partial charge in [-0.05, 0) is 41.0 Å². The second kappa shape index (κ2) is 12.4. The number of carbonyl (C=O) groups is 7. The number of fused-ring (bicyclic) bond motifs is 2. The third kappa shape index (κ3) is 5.74. The van der Waals surface area contributed by atoms with E-state index >= 15 is 0 Å². The maximum Gasteiger partial charge on any atom is 0.352 e. The molecule has 44 heavy (non-hydrogen) atoms. The summed E-state index contributed by atoms with van der Waals surface area (Å²) in [6.45, 7) is -0.483. The number of imide groups is 1. The largest absolute Gasteiger partial charge is 0.480 e. The fraction of sp³-hybridized carbons (Fsp3) is 0.360. The van der Waals surface area contributed by atoms with Crippen LogP contribution in [0.3, 0.4) is 0 Å². The lowest BCUT2D eigenvalue weighted by Gasteiger charge is -2.49. The highest BCUT2D eigenvalue weighted by atomic mass is 32.2. The average Bonchev–Trinajstić information content (AvgIpc) is 3.52. The summed E-state index contributed by atoms with van der Waals surface area (Å²) in [5.74, 6) is -6.30. The first-order valence-corrected chi connectivity index (χ1v) is 15.0. The van der Waals surface area contributed by atoms with Gasteiger partial charge in [-0.25, -0.2) is 14.3 Å². The van der Waals surface area contributed by atoms with Crippen LogP contribution in [-0.2, 0) is 30.5 Å². The summed E-state index contributed by atoms with van der Waals surface area (Å²) in [5.41, 5.74) is 0.364. The van der Waals surface area contributed by atoms with Crippen molar-refractivity contribution in [1.29, 1.82) is 0 Å². The second-order valence-corrected chi connectivity index (χ2v) is 11.8. The highest BCUT2D eigenvalue weighted by Gasteiger charge is 2.54. The van der Waals surface area contributed by atoms with Crippen molar-refractivity contribution in [3.63, 3.8) is 0 Å². The molecule has 1 saturated heterocycles. The SMILES string of the molecule is O=C(O)Cn1nnnc1SCC1=C(C(=O)O)N2C(=O)[C@@H](NC(=O)CCC[C@H](C(=O)O)N3C(=O)c4ccccc4C3=O)[C@H]2SC1. The van der Waals surface area contributed by atoms with Gasteiger partial charge < -0.3 is 20.6 Å². The number of aromatic nitrogens is 4. The molecule has 5 rings (SSSR count). The number of tetrazole rings is 1. The molecule has 0 radical (unpaired) electrons. The van der Waals surface area contributed by atoms with Crippen LogP contribution in [0.25, 0.3) is 0 Å². The zero-order valence-corrected chi connectivity index (χ0v) is 24.1. The first-order chi connectivity index (χ1) is 21.0. The van der Waals surface area contributed by atoms with Crippen LogP contribution < -0.4 is 5.32 Å². The molecule has 1 fully saturated rings. The summed E-state index contributed by atoms with van der Waals surface area (Å²) >= 11 is 2.25. The number of nitrogens with one attached hydrogen (secondary N) is 1. The van der Waals surface area contributed by atoms with Crippen molar-refractivity contribution in [2.45, 2.75) is 48.4 Å². The number of hydrogen-bond donors (Lipinski definition) is 4. The van der Waals surface area contributed by atoms with Crippen molar-refractivity contribution in [3.05, 3.63) is 46.7 Å². The van der Waals surface area contributed by atoms with E-state index in [1.807, 2.05) is 0 Å². The zero-order valence-electron chi connectivity index (χ0n) is 22.5. The Labute approximate surface area is 255 Å². The highest BCUT2D eigenvalue weighted by Crippen LogP contribution is 2.41. The molecular weight excluding hydrogens is 622 g/mol. The number of carboxylic acid groups (broad SMARTS) is 3. The van der Waals surface area contributed by atoms with E-state index in [4.69, 9.17) is 5.11 Å². The number of nitrogens with zero attached hydrogens (tertiary/aromatic N) is 6. The Balaban J connectivity index is 1.17. The fourth-order valence-corrected chi connectivity index (χ4v) is 7.39. The molecule has 0 saturated carbocycles. The fourth-order valence-electron chi connectivity index (χ4n) is 5.03. The van der Waals surface area contributed by atoms with E-state index in [1.54, 1.807) is 12.1 Å². The molecule has 1 aromatic carbocycles. The number of carbonyl (C=O) groups excluding carboxylic acids is 4. The Bertz CT molecular complexity index is 1590. The predicted molar refractivity (Wildman–Crippen MR) is 148 cm³/mol. The molecule has 0 aliphatic carbocycles. The number of amides is 4. The van der Waals surface area contributed by atoms with Gasteiger partial charge in [0.05, 0.1) is 11.1 Å². The normalized spacial score (nSPS) is 19.8. The first-order valence-electron chi connectivity index (χ1n) is 13.0. The van der Waals surface area contributed by atoms with Gasteiger partial charge in [-0.15, -0.1) is 16.9 Å². The van der Waals surface area contributed by atoms with Gasteiger partial charge in [0.15, 0.2) is 0 Å². The molecule has 17 nitrogen and oxygen atoms in total. The molecule has 0 bridgehead atoms. The molecule has 2 aromatic rings. The van der Waals surface area contributed by atoms with E-state index in [-0.39, 0.29) is 52.7 Å². The van der Waals surface area contributed by atoms with Gasteiger partial charge in [-0.1, -0.05) is 23.9 Å². The minimum atomic E-state index is -1.49. The van der Waals surface area contributed by atoms with Gasteiger partial charge in [0.25, 0.3) is 17.7 Å². The summed E-state index contributed by atoms with van der Waals surface area (Å²) in [6.07, 6.45) is -0.413. The molecule has 0 spiro atoms. The Morgan fingerprint density at radius 1 is 1.07 bits per heavy atom. The lowest BCUT2D eigenvalue weighted by atomic mass is 10.0.